The molecule has 0 spiro atoms. The molecule has 3 aromatic carbocycles. The van der Waals surface area contributed by atoms with Crippen LogP contribution >= 0.6 is 0 Å². The fraction of sp³-hybridized carbons (Fsp3) is 0.317. The lowest BCUT2D eigenvalue weighted by Crippen LogP contribution is -2.63. The van der Waals surface area contributed by atoms with E-state index in [0.29, 0.717) is 49.6 Å². The van der Waals surface area contributed by atoms with E-state index in [0.717, 1.165) is 96.2 Å². The Balaban J connectivity index is 0.751. The monoisotopic (exact) mass is 738 g/mol. The zero-order valence-electron chi connectivity index (χ0n) is 30.6. The Hall–Kier alpha value is -6.12. The number of hydrogen-bond donors (Lipinski definition) is 3. The number of nitrogens with zero attached hydrogens (tertiary/aromatic N) is 7. The first kappa shape index (κ1) is 34.6. The first-order valence-electron chi connectivity index (χ1n) is 18.8. The number of nitrogens with one attached hydrogen (secondary N) is 3. The van der Waals surface area contributed by atoms with Crippen molar-refractivity contribution < 1.29 is 19.1 Å². The molecule has 0 aliphatic carbocycles. The average Bonchev–Trinajstić information content (AvgIpc) is 3.19. The van der Waals surface area contributed by atoms with Crippen LogP contribution < -0.4 is 30.5 Å². The molecule has 3 N–H and O–H groups in total. The van der Waals surface area contributed by atoms with E-state index in [1.165, 1.54) is 0 Å². The van der Waals surface area contributed by atoms with Crippen molar-refractivity contribution in [2.75, 3.05) is 85.9 Å². The largest absolute Gasteiger partial charge is 0.474 e. The molecule has 0 radical (unpaired) electrons. The minimum atomic E-state index is -0.368. The molecule has 6 heterocycles. The van der Waals surface area contributed by atoms with E-state index in [-0.39, 0.29) is 17.7 Å². The average molecular weight is 739 g/mol. The second kappa shape index (κ2) is 14.6. The number of urea groups is 1. The number of hydrogen-bond acceptors (Lipinski definition) is 12. The molecule has 280 valence electrons. The molecule has 9 rings (SSSR count). The third-order valence-electron chi connectivity index (χ3n) is 11.0. The van der Waals surface area contributed by atoms with Gasteiger partial charge in [0.25, 0.3) is 0 Å². The molecular weight excluding hydrogens is 697 g/mol. The predicted octanol–water partition coefficient (Wildman–Crippen LogP) is 4.68. The maximum Gasteiger partial charge on any atom is 0.328 e. The van der Waals surface area contributed by atoms with E-state index in [1.54, 1.807) is 4.90 Å². The van der Waals surface area contributed by atoms with Gasteiger partial charge in [-0.05, 0) is 72.6 Å². The van der Waals surface area contributed by atoms with Gasteiger partial charge in [0.05, 0.1) is 12.1 Å². The molecule has 0 atom stereocenters. The first-order valence-corrected chi connectivity index (χ1v) is 18.8. The number of pyridine rings is 1. The topological polar surface area (TPSA) is 148 Å². The summed E-state index contributed by atoms with van der Waals surface area (Å²) in [5.41, 5.74) is 8.28. The molecule has 4 aliphatic rings. The Morgan fingerprint density at radius 3 is 2.47 bits per heavy atom. The van der Waals surface area contributed by atoms with Crippen molar-refractivity contribution >= 4 is 57.3 Å². The summed E-state index contributed by atoms with van der Waals surface area (Å²) >= 11 is 0. The molecule has 2 aromatic heterocycles. The van der Waals surface area contributed by atoms with Gasteiger partial charge in [0, 0.05) is 111 Å². The number of aromatic nitrogens is 3. The number of ketones is 1. The van der Waals surface area contributed by atoms with Gasteiger partial charge in [-0.15, -0.1) is 0 Å². The summed E-state index contributed by atoms with van der Waals surface area (Å²) in [6.45, 7) is 9.68. The molecule has 14 nitrogen and oxygen atoms in total. The number of carbonyl (C=O) groups excluding carboxylic acids is 3. The fourth-order valence-corrected chi connectivity index (χ4v) is 7.76. The maximum absolute atomic E-state index is 13.3. The fourth-order valence-electron chi connectivity index (χ4n) is 7.76. The number of benzene rings is 3. The molecule has 3 saturated heterocycles. The number of anilines is 5. The van der Waals surface area contributed by atoms with Gasteiger partial charge in [-0.2, -0.15) is 0 Å². The van der Waals surface area contributed by atoms with Crippen molar-refractivity contribution in [2.45, 2.75) is 19.4 Å². The predicted molar refractivity (Wildman–Crippen MR) is 212 cm³/mol. The summed E-state index contributed by atoms with van der Waals surface area (Å²) in [5, 5.41) is 10.0. The van der Waals surface area contributed by atoms with Crippen LogP contribution in [0.5, 0.6) is 5.88 Å². The second-order valence-electron chi connectivity index (χ2n) is 14.5. The van der Waals surface area contributed by atoms with Crippen LogP contribution in [-0.4, -0.2) is 114 Å². The highest BCUT2D eigenvalue weighted by atomic mass is 16.5. The zero-order chi connectivity index (χ0) is 37.5. The molecule has 5 aromatic rings. The van der Waals surface area contributed by atoms with Gasteiger partial charge in [-0.25, -0.2) is 19.7 Å². The van der Waals surface area contributed by atoms with Crippen molar-refractivity contribution in [2.24, 2.45) is 0 Å². The van der Waals surface area contributed by atoms with E-state index in [2.05, 4.69) is 59.7 Å². The summed E-state index contributed by atoms with van der Waals surface area (Å²) in [6, 6.07) is 21.7. The van der Waals surface area contributed by atoms with Crippen LogP contribution in [0.15, 0.2) is 79.1 Å². The number of fused-ring (bicyclic) bond motifs is 2. The molecule has 0 bridgehead atoms. The molecular formula is C41H42N10O4. The number of rotatable bonds is 9. The Morgan fingerprint density at radius 1 is 0.909 bits per heavy atom. The van der Waals surface area contributed by atoms with E-state index in [9.17, 15) is 14.4 Å². The Kier molecular flexibility index (Phi) is 9.20. The van der Waals surface area contributed by atoms with Crippen LogP contribution in [0, 0.1) is 6.92 Å². The quantitative estimate of drug-likeness (QED) is 0.180. The van der Waals surface area contributed by atoms with Gasteiger partial charge < -0.3 is 20.3 Å². The van der Waals surface area contributed by atoms with Crippen LogP contribution in [0.25, 0.3) is 22.0 Å². The summed E-state index contributed by atoms with van der Waals surface area (Å²) in [6.07, 6.45) is 3.97. The molecule has 14 heteroatoms. The normalized spacial score (nSPS) is 17.9. The Labute approximate surface area is 318 Å². The zero-order valence-corrected chi connectivity index (χ0v) is 30.6. The van der Waals surface area contributed by atoms with E-state index < -0.39 is 0 Å². The molecule has 0 saturated carbocycles. The van der Waals surface area contributed by atoms with E-state index in [4.69, 9.17) is 9.72 Å². The Bertz CT molecular complexity index is 2270. The third kappa shape index (κ3) is 7.13. The minimum Gasteiger partial charge on any atom is -0.474 e. The molecule has 3 fully saturated rings. The SMILES string of the molecule is Cc1c(-c2ccc3cnc(Nc4ccc(C(=O)CN5CCN(C6CN(c7ccc(N8CCC(=O)NC8=O)cc7)C6)CC5)cc4)nc3c2)cnc2c1NCCO2. The van der Waals surface area contributed by atoms with Crippen LogP contribution in [0.2, 0.25) is 0 Å². The summed E-state index contributed by atoms with van der Waals surface area (Å²) in [4.78, 5) is 59.5. The summed E-state index contributed by atoms with van der Waals surface area (Å²) in [5.74, 6) is 0.994. The maximum atomic E-state index is 13.3. The molecule has 55 heavy (non-hydrogen) atoms. The lowest BCUT2D eigenvalue weighted by molar-refractivity contribution is -0.120. The van der Waals surface area contributed by atoms with Crippen molar-refractivity contribution in [1.29, 1.82) is 0 Å². The number of amides is 3. The van der Waals surface area contributed by atoms with Crippen LogP contribution in [0.1, 0.15) is 22.3 Å². The highest BCUT2D eigenvalue weighted by Crippen LogP contribution is 2.36. The number of ether oxygens (including phenoxy) is 1. The third-order valence-corrected chi connectivity index (χ3v) is 11.0. The molecule has 3 amide bonds. The van der Waals surface area contributed by atoms with Crippen molar-refractivity contribution in [3.05, 3.63) is 90.3 Å². The Morgan fingerprint density at radius 2 is 1.69 bits per heavy atom. The summed E-state index contributed by atoms with van der Waals surface area (Å²) < 4.78 is 5.70. The van der Waals surface area contributed by atoms with Crippen LogP contribution in [-0.2, 0) is 4.79 Å². The van der Waals surface area contributed by atoms with Crippen LogP contribution in [0.4, 0.5) is 33.5 Å². The standard InChI is InChI=1S/C41H42N10O4/c1-26-34(22-43-39-38(26)42-13-19-55-39)28-2-3-29-21-44-40(46-35(29)20-28)45-30-6-4-27(5-7-30)36(52)25-48-15-17-49(18-16-48)33-23-50(24-33)31-8-10-32(11-9-31)51-14-12-37(53)47-41(51)54/h2-11,20-22,33,42H,12-19,23-25H2,1H3,(H,44,45,46)(H,47,53,54). The lowest BCUT2D eigenvalue weighted by atomic mass is 10.00. The highest BCUT2D eigenvalue weighted by molar-refractivity contribution is 6.05. The van der Waals surface area contributed by atoms with E-state index >= 15 is 0 Å². The first-order chi connectivity index (χ1) is 26.8. The van der Waals surface area contributed by atoms with Gasteiger partial charge >= 0.3 is 6.03 Å². The molecule has 4 aliphatic heterocycles. The van der Waals surface area contributed by atoms with Gasteiger partial charge in [-0.3, -0.25) is 29.6 Å². The molecule has 0 unspecified atom stereocenters. The minimum absolute atomic E-state index is 0.107. The van der Waals surface area contributed by atoms with Gasteiger partial charge in [-0.1, -0.05) is 12.1 Å². The number of Topliss-reactive ketones (excluding diaryl/α,β-unsaturated/α-hetero) is 1. The number of carbonyl (C=O) groups is 3. The lowest BCUT2D eigenvalue weighted by Gasteiger charge is -2.49. The number of imide groups is 1. The van der Waals surface area contributed by atoms with E-state index in [1.807, 2.05) is 67.0 Å². The summed E-state index contributed by atoms with van der Waals surface area (Å²) in [7, 11) is 0. The van der Waals surface area contributed by atoms with Gasteiger partial charge in [0.15, 0.2) is 5.78 Å². The van der Waals surface area contributed by atoms with Crippen molar-refractivity contribution in [3.8, 4) is 17.0 Å². The van der Waals surface area contributed by atoms with Gasteiger partial charge in [0.2, 0.25) is 17.7 Å². The smallest absolute Gasteiger partial charge is 0.328 e. The number of piperazine rings is 1. The van der Waals surface area contributed by atoms with Crippen molar-refractivity contribution in [3.63, 3.8) is 0 Å². The van der Waals surface area contributed by atoms with Gasteiger partial charge in [0.1, 0.15) is 12.3 Å². The highest BCUT2D eigenvalue weighted by Gasteiger charge is 2.34. The second-order valence-corrected chi connectivity index (χ2v) is 14.5. The van der Waals surface area contributed by atoms with Crippen molar-refractivity contribution in [1.82, 2.24) is 30.1 Å². The van der Waals surface area contributed by atoms with Crippen LogP contribution in [0.3, 0.4) is 0 Å².